The van der Waals surface area contributed by atoms with Gasteiger partial charge in [0.15, 0.2) is 0 Å². The molecular weight excluding hydrogens is 188 g/mol. The molecule has 2 aliphatic heterocycles. The fourth-order valence-electron chi connectivity index (χ4n) is 1.78. The molecule has 0 radical (unpaired) electrons. The summed E-state index contributed by atoms with van der Waals surface area (Å²) in [6.07, 6.45) is -0.0114. The van der Waals surface area contributed by atoms with E-state index in [4.69, 9.17) is 19.9 Å². The van der Waals surface area contributed by atoms with E-state index in [-0.39, 0.29) is 11.9 Å². The first-order chi connectivity index (χ1) is 6.69. The molecule has 2 unspecified atom stereocenters. The molecule has 1 fully saturated rings. The molecule has 0 aromatic rings. The first-order valence-electron chi connectivity index (χ1n) is 4.37. The van der Waals surface area contributed by atoms with Crippen LogP contribution in [-0.4, -0.2) is 44.0 Å². The number of amides is 1. The molecule has 2 N–H and O–H groups in total. The number of amidine groups is 1. The zero-order valence-electron chi connectivity index (χ0n) is 7.86. The number of nitrogens with two attached hydrogens (primary N) is 1. The molecule has 2 rings (SSSR count). The van der Waals surface area contributed by atoms with Gasteiger partial charge in [0.25, 0.3) is 11.9 Å². The number of nitrogens with zero attached hydrogens (tertiary/aromatic N) is 1. The van der Waals surface area contributed by atoms with Crippen LogP contribution in [0.3, 0.4) is 0 Å². The summed E-state index contributed by atoms with van der Waals surface area (Å²) in [5, 5.41) is 0. The fraction of sp³-hybridized carbons (Fsp3) is 0.750. The van der Waals surface area contributed by atoms with E-state index < -0.39 is 11.7 Å². The molecule has 2 aliphatic rings. The lowest BCUT2D eigenvalue weighted by atomic mass is 9.91. The molecule has 0 aliphatic carbocycles. The minimum atomic E-state index is -1.04. The number of ether oxygens (including phenoxy) is 3. The molecule has 1 amide bonds. The van der Waals surface area contributed by atoms with Gasteiger partial charge in [0.2, 0.25) is 5.60 Å². The maximum Gasteiger partial charge on any atom is 0.297 e. The fourth-order valence-corrected chi connectivity index (χ4v) is 1.78. The molecule has 14 heavy (non-hydrogen) atoms. The van der Waals surface area contributed by atoms with Gasteiger partial charge in [-0.2, -0.15) is 4.99 Å². The summed E-state index contributed by atoms with van der Waals surface area (Å²) in [4.78, 5) is 15.2. The second-order valence-corrected chi connectivity index (χ2v) is 3.30. The largest absolute Gasteiger partial charge is 0.445 e. The highest BCUT2D eigenvalue weighted by molar-refractivity contribution is 6.01. The summed E-state index contributed by atoms with van der Waals surface area (Å²) in [5.74, 6) is -0.370. The van der Waals surface area contributed by atoms with E-state index in [9.17, 15) is 4.79 Å². The number of carbonyl (C=O) groups excluding carboxylic acids is 1. The lowest BCUT2D eigenvalue weighted by Crippen LogP contribution is -2.55. The standard InChI is InChI=1S/C8H12N2O4/c1-12-5-4-13-3-2-8(5)6(11)10-7(9)14-8/h5H,2-4H2,1H3,(H2,9,10,11). The van der Waals surface area contributed by atoms with Crippen molar-refractivity contribution >= 4 is 11.9 Å². The van der Waals surface area contributed by atoms with Gasteiger partial charge in [-0.15, -0.1) is 0 Å². The molecule has 0 saturated carbocycles. The number of carbonyl (C=O) groups is 1. The van der Waals surface area contributed by atoms with E-state index in [2.05, 4.69) is 4.99 Å². The van der Waals surface area contributed by atoms with E-state index in [1.54, 1.807) is 0 Å². The Hall–Kier alpha value is -1.14. The Kier molecular flexibility index (Phi) is 2.16. The van der Waals surface area contributed by atoms with Gasteiger partial charge in [0.1, 0.15) is 6.10 Å². The van der Waals surface area contributed by atoms with Crippen LogP contribution in [-0.2, 0) is 19.0 Å². The van der Waals surface area contributed by atoms with Gasteiger partial charge in [-0.05, 0) is 0 Å². The Morgan fingerprint density at radius 1 is 1.71 bits per heavy atom. The monoisotopic (exact) mass is 200 g/mol. The van der Waals surface area contributed by atoms with Crippen molar-refractivity contribution in [3.63, 3.8) is 0 Å². The molecule has 0 aromatic heterocycles. The second-order valence-electron chi connectivity index (χ2n) is 3.30. The van der Waals surface area contributed by atoms with Crippen molar-refractivity contribution in [2.45, 2.75) is 18.1 Å². The average Bonchev–Trinajstić information content (AvgIpc) is 2.43. The highest BCUT2D eigenvalue weighted by Crippen LogP contribution is 2.32. The van der Waals surface area contributed by atoms with Crippen molar-refractivity contribution in [1.29, 1.82) is 0 Å². The Morgan fingerprint density at radius 2 is 2.50 bits per heavy atom. The Balaban J connectivity index is 2.25. The van der Waals surface area contributed by atoms with Crippen LogP contribution in [0.5, 0.6) is 0 Å². The zero-order chi connectivity index (χ0) is 10.2. The minimum Gasteiger partial charge on any atom is -0.445 e. The maximum atomic E-state index is 11.6. The summed E-state index contributed by atoms with van der Waals surface area (Å²) in [5.41, 5.74) is 4.31. The Bertz CT molecular complexity index is 291. The second kappa shape index (κ2) is 3.21. The van der Waals surface area contributed by atoms with Crippen molar-refractivity contribution in [2.24, 2.45) is 10.7 Å². The Labute approximate surface area is 81.0 Å². The third kappa shape index (κ3) is 1.18. The summed E-state index contributed by atoms with van der Waals surface area (Å²) >= 11 is 0. The van der Waals surface area contributed by atoms with Crippen LogP contribution < -0.4 is 5.73 Å². The van der Waals surface area contributed by atoms with Gasteiger partial charge in [0.05, 0.1) is 13.2 Å². The summed E-state index contributed by atoms with van der Waals surface area (Å²) < 4.78 is 15.6. The number of hydrogen-bond acceptors (Lipinski definition) is 5. The van der Waals surface area contributed by atoms with E-state index in [1.165, 1.54) is 7.11 Å². The van der Waals surface area contributed by atoms with Crippen molar-refractivity contribution in [3.8, 4) is 0 Å². The van der Waals surface area contributed by atoms with Gasteiger partial charge >= 0.3 is 0 Å². The van der Waals surface area contributed by atoms with Crippen molar-refractivity contribution in [1.82, 2.24) is 0 Å². The van der Waals surface area contributed by atoms with Crippen LogP contribution in [0.4, 0.5) is 0 Å². The van der Waals surface area contributed by atoms with Gasteiger partial charge in [0, 0.05) is 13.5 Å². The highest BCUT2D eigenvalue weighted by atomic mass is 16.6. The van der Waals surface area contributed by atoms with E-state index in [1.807, 2.05) is 0 Å². The molecule has 1 spiro atoms. The smallest absolute Gasteiger partial charge is 0.297 e. The number of hydrogen-bond donors (Lipinski definition) is 1. The van der Waals surface area contributed by atoms with Gasteiger partial charge in [-0.25, -0.2) is 0 Å². The molecule has 78 valence electrons. The first-order valence-corrected chi connectivity index (χ1v) is 4.37. The highest BCUT2D eigenvalue weighted by Gasteiger charge is 2.54. The Morgan fingerprint density at radius 3 is 3.07 bits per heavy atom. The molecule has 0 bridgehead atoms. The predicted molar refractivity (Wildman–Crippen MR) is 46.7 cm³/mol. The zero-order valence-corrected chi connectivity index (χ0v) is 7.86. The molecular formula is C8H12N2O4. The normalized spacial score (nSPS) is 37.1. The van der Waals surface area contributed by atoms with Crippen LogP contribution in [0.1, 0.15) is 6.42 Å². The van der Waals surface area contributed by atoms with Crippen LogP contribution >= 0.6 is 0 Å². The van der Waals surface area contributed by atoms with Gasteiger partial charge < -0.3 is 19.9 Å². The first kappa shape index (κ1) is 9.42. The molecule has 0 aromatic carbocycles. The van der Waals surface area contributed by atoms with Crippen molar-refractivity contribution in [3.05, 3.63) is 0 Å². The van der Waals surface area contributed by atoms with Gasteiger partial charge in [-0.3, -0.25) is 4.79 Å². The van der Waals surface area contributed by atoms with E-state index in [0.29, 0.717) is 19.6 Å². The lowest BCUT2D eigenvalue weighted by Gasteiger charge is -2.36. The lowest BCUT2D eigenvalue weighted by molar-refractivity contribution is -0.168. The minimum absolute atomic E-state index is 0.0843. The quantitative estimate of drug-likeness (QED) is 0.589. The molecule has 6 heteroatoms. The molecule has 6 nitrogen and oxygen atoms in total. The predicted octanol–water partition coefficient (Wildman–Crippen LogP) is -0.968. The van der Waals surface area contributed by atoms with E-state index in [0.717, 1.165) is 0 Å². The molecule has 2 atom stereocenters. The van der Waals surface area contributed by atoms with Crippen molar-refractivity contribution in [2.75, 3.05) is 20.3 Å². The van der Waals surface area contributed by atoms with Crippen LogP contribution in [0, 0.1) is 0 Å². The number of rotatable bonds is 1. The summed E-state index contributed by atoms with van der Waals surface area (Å²) in [7, 11) is 1.51. The van der Waals surface area contributed by atoms with Crippen LogP contribution in [0.25, 0.3) is 0 Å². The average molecular weight is 200 g/mol. The topological polar surface area (TPSA) is 83.1 Å². The third-order valence-corrected chi connectivity index (χ3v) is 2.55. The number of methoxy groups -OCH3 is 1. The SMILES string of the molecule is COC1COCCC12OC(N)=NC2=O. The maximum absolute atomic E-state index is 11.6. The summed E-state index contributed by atoms with van der Waals surface area (Å²) in [6, 6.07) is -0.0843. The van der Waals surface area contributed by atoms with E-state index >= 15 is 0 Å². The molecule has 1 saturated heterocycles. The van der Waals surface area contributed by atoms with Crippen molar-refractivity contribution < 1.29 is 19.0 Å². The van der Waals surface area contributed by atoms with Gasteiger partial charge in [-0.1, -0.05) is 0 Å². The molecule has 2 heterocycles. The summed E-state index contributed by atoms with van der Waals surface area (Å²) in [6.45, 7) is 0.777. The van der Waals surface area contributed by atoms with Crippen LogP contribution in [0.2, 0.25) is 0 Å². The van der Waals surface area contributed by atoms with Crippen LogP contribution in [0.15, 0.2) is 4.99 Å². The third-order valence-electron chi connectivity index (χ3n) is 2.55. The number of aliphatic imine (C=N–C) groups is 1.